The molecule has 1 aromatic carbocycles. The van der Waals surface area contributed by atoms with Crippen LogP contribution in [0.4, 0.5) is 0 Å². The molecule has 1 heterocycles. The summed E-state index contributed by atoms with van der Waals surface area (Å²) in [4.78, 5) is 24.9. The van der Waals surface area contributed by atoms with Crippen molar-refractivity contribution >= 4 is 11.9 Å². The van der Waals surface area contributed by atoms with Gasteiger partial charge < -0.3 is 19.8 Å². The monoisotopic (exact) mass is 360 g/mol. The van der Waals surface area contributed by atoms with Crippen LogP contribution in [0.3, 0.4) is 0 Å². The van der Waals surface area contributed by atoms with Crippen molar-refractivity contribution in [2.24, 2.45) is 0 Å². The summed E-state index contributed by atoms with van der Waals surface area (Å²) >= 11 is 0. The van der Waals surface area contributed by atoms with E-state index in [1.807, 2.05) is 37.4 Å². The van der Waals surface area contributed by atoms with Crippen LogP contribution in [0.15, 0.2) is 48.7 Å². The zero-order valence-electron chi connectivity index (χ0n) is 15.0. The molecule has 0 bridgehead atoms. The SMILES string of the molecule is CCOc1ccccc1CN(C)CCc1ccccn1.O=C(O)C(=O)O. The standard InChI is InChI=1S/C17H22N2O.C2H2O4/c1-3-20-17-10-5-4-8-15(17)14-19(2)13-11-16-9-6-7-12-18-16;3-1(4)2(5)6/h4-10,12H,3,11,13-14H2,1-2H3;(H,3,4)(H,5,6). The van der Waals surface area contributed by atoms with Gasteiger partial charge in [0.15, 0.2) is 0 Å². The van der Waals surface area contributed by atoms with Gasteiger partial charge in [0.1, 0.15) is 5.75 Å². The van der Waals surface area contributed by atoms with Crippen LogP contribution < -0.4 is 4.74 Å². The number of aromatic nitrogens is 1. The molecule has 0 fully saturated rings. The Labute approximate surface area is 152 Å². The van der Waals surface area contributed by atoms with E-state index in [0.29, 0.717) is 6.61 Å². The van der Waals surface area contributed by atoms with Crippen molar-refractivity contribution < 1.29 is 24.5 Å². The molecular formula is C19H24N2O5. The molecule has 2 rings (SSSR count). The lowest BCUT2D eigenvalue weighted by molar-refractivity contribution is -0.159. The summed E-state index contributed by atoms with van der Waals surface area (Å²) in [6.07, 6.45) is 2.81. The van der Waals surface area contributed by atoms with Gasteiger partial charge in [-0.25, -0.2) is 9.59 Å². The van der Waals surface area contributed by atoms with Crippen molar-refractivity contribution in [3.63, 3.8) is 0 Å². The number of nitrogens with zero attached hydrogens (tertiary/aromatic N) is 2. The second-order valence-electron chi connectivity index (χ2n) is 5.46. The van der Waals surface area contributed by atoms with E-state index >= 15 is 0 Å². The zero-order chi connectivity index (χ0) is 19.4. The fourth-order valence-electron chi connectivity index (χ4n) is 2.15. The van der Waals surface area contributed by atoms with Gasteiger partial charge in [0.25, 0.3) is 0 Å². The first-order chi connectivity index (χ1) is 12.4. The molecule has 140 valence electrons. The minimum absolute atomic E-state index is 0.703. The molecule has 7 nitrogen and oxygen atoms in total. The minimum atomic E-state index is -1.82. The van der Waals surface area contributed by atoms with Gasteiger partial charge >= 0.3 is 11.9 Å². The molecule has 0 aliphatic carbocycles. The topological polar surface area (TPSA) is 100.0 Å². The van der Waals surface area contributed by atoms with Gasteiger partial charge in [-0.3, -0.25) is 4.98 Å². The fourth-order valence-corrected chi connectivity index (χ4v) is 2.15. The minimum Gasteiger partial charge on any atom is -0.494 e. The van der Waals surface area contributed by atoms with Crippen molar-refractivity contribution in [2.75, 3.05) is 20.2 Å². The predicted molar refractivity (Wildman–Crippen MR) is 97.2 cm³/mol. The van der Waals surface area contributed by atoms with Crippen LogP contribution in [0.1, 0.15) is 18.2 Å². The van der Waals surface area contributed by atoms with Crippen molar-refractivity contribution in [1.82, 2.24) is 9.88 Å². The largest absolute Gasteiger partial charge is 0.494 e. The van der Waals surface area contributed by atoms with Crippen LogP contribution in [0.5, 0.6) is 5.75 Å². The van der Waals surface area contributed by atoms with E-state index in [4.69, 9.17) is 24.5 Å². The van der Waals surface area contributed by atoms with Crippen molar-refractivity contribution in [1.29, 1.82) is 0 Å². The number of aliphatic carboxylic acids is 2. The van der Waals surface area contributed by atoms with Crippen LogP contribution in [0.2, 0.25) is 0 Å². The third kappa shape index (κ3) is 8.25. The summed E-state index contributed by atoms with van der Waals surface area (Å²) in [5, 5.41) is 14.8. The summed E-state index contributed by atoms with van der Waals surface area (Å²) in [6.45, 7) is 4.59. The second kappa shape index (κ2) is 11.6. The van der Waals surface area contributed by atoms with Gasteiger partial charge in [-0.05, 0) is 32.2 Å². The number of rotatable bonds is 7. The maximum absolute atomic E-state index is 9.10. The third-order valence-corrected chi connectivity index (χ3v) is 3.37. The maximum atomic E-state index is 9.10. The quantitative estimate of drug-likeness (QED) is 0.731. The summed E-state index contributed by atoms with van der Waals surface area (Å²) in [7, 11) is 2.13. The fraction of sp³-hybridized carbons (Fsp3) is 0.316. The lowest BCUT2D eigenvalue weighted by Crippen LogP contribution is -2.21. The van der Waals surface area contributed by atoms with Crippen LogP contribution in [0.25, 0.3) is 0 Å². The number of hydrogen-bond donors (Lipinski definition) is 2. The van der Waals surface area contributed by atoms with E-state index in [1.54, 1.807) is 0 Å². The second-order valence-corrected chi connectivity index (χ2v) is 5.46. The van der Waals surface area contributed by atoms with Crippen molar-refractivity contribution in [3.8, 4) is 5.75 Å². The van der Waals surface area contributed by atoms with Gasteiger partial charge in [0.05, 0.1) is 6.61 Å². The van der Waals surface area contributed by atoms with Gasteiger partial charge in [-0.2, -0.15) is 0 Å². The average molecular weight is 360 g/mol. The first-order valence-electron chi connectivity index (χ1n) is 8.19. The van der Waals surface area contributed by atoms with E-state index in [0.717, 1.165) is 31.0 Å². The Morgan fingerprint density at radius 3 is 2.31 bits per heavy atom. The molecule has 26 heavy (non-hydrogen) atoms. The Morgan fingerprint density at radius 2 is 1.73 bits per heavy atom. The van der Waals surface area contributed by atoms with Gasteiger partial charge in [0, 0.05) is 37.0 Å². The van der Waals surface area contributed by atoms with Crippen molar-refractivity contribution in [2.45, 2.75) is 19.9 Å². The number of carbonyl (C=O) groups is 2. The summed E-state index contributed by atoms with van der Waals surface area (Å²) < 4.78 is 5.66. The van der Waals surface area contributed by atoms with Crippen LogP contribution in [-0.4, -0.2) is 52.2 Å². The van der Waals surface area contributed by atoms with E-state index in [1.165, 1.54) is 5.56 Å². The predicted octanol–water partition coefficient (Wildman–Crippen LogP) is 2.31. The highest BCUT2D eigenvalue weighted by molar-refractivity contribution is 6.27. The Kier molecular flexibility index (Phi) is 9.42. The smallest absolute Gasteiger partial charge is 0.414 e. The maximum Gasteiger partial charge on any atom is 0.414 e. The lowest BCUT2D eigenvalue weighted by Gasteiger charge is -2.18. The molecule has 0 saturated carbocycles. The molecule has 0 aliphatic rings. The first-order valence-corrected chi connectivity index (χ1v) is 8.19. The summed E-state index contributed by atoms with van der Waals surface area (Å²) in [5.41, 5.74) is 2.37. The molecule has 0 radical (unpaired) electrons. The molecule has 0 unspecified atom stereocenters. The van der Waals surface area contributed by atoms with Gasteiger partial charge in [-0.1, -0.05) is 24.3 Å². The first kappa shape index (κ1) is 21.1. The number of benzene rings is 1. The van der Waals surface area contributed by atoms with E-state index in [-0.39, 0.29) is 0 Å². The molecule has 2 aromatic rings. The third-order valence-electron chi connectivity index (χ3n) is 3.37. The van der Waals surface area contributed by atoms with Crippen molar-refractivity contribution in [3.05, 3.63) is 59.9 Å². The highest BCUT2D eigenvalue weighted by Crippen LogP contribution is 2.19. The van der Waals surface area contributed by atoms with E-state index in [2.05, 4.69) is 35.1 Å². The number of carboxylic acid groups (broad SMARTS) is 2. The van der Waals surface area contributed by atoms with E-state index in [9.17, 15) is 0 Å². The molecule has 0 saturated heterocycles. The number of hydrogen-bond acceptors (Lipinski definition) is 5. The molecule has 7 heteroatoms. The number of pyridine rings is 1. The summed E-state index contributed by atoms with van der Waals surface area (Å²) in [6, 6.07) is 14.3. The number of para-hydroxylation sites is 1. The van der Waals surface area contributed by atoms with Gasteiger partial charge in [-0.15, -0.1) is 0 Å². The zero-order valence-corrected chi connectivity index (χ0v) is 15.0. The number of likely N-dealkylation sites (N-methyl/N-ethyl adjacent to an activating group) is 1. The normalized spacial score (nSPS) is 9.96. The van der Waals surface area contributed by atoms with Crippen LogP contribution in [-0.2, 0) is 22.6 Å². The molecular weight excluding hydrogens is 336 g/mol. The Balaban J connectivity index is 0.000000487. The molecule has 0 spiro atoms. The summed E-state index contributed by atoms with van der Waals surface area (Å²) in [5.74, 6) is -2.66. The Morgan fingerprint density at radius 1 is 1.08 bits per heavy atom. The molecule has 0 atom stereocenters. The average Bonchev–Trinajstić information content (AvgIpc) is 2.63. The van der Waals surface area contributed by atoms with Crippen LogP contribution >= 0.6 is 0 Å². The lowest BCUT2D eigenvalue weighted by atomic mass is 10.2. The van der Waals surface area contributed by atoms with Gasteiger partial charge in [0.2, 0.25) is 0 Å². The highest BCUT2D eigenvalue weighted by Gasteiger charge is 2.06. The number of ether oxygens (including phenoxy) is 1. The number of carboxylic acids is 2. The Bertz CT molecular complexity index is 679. The molecule has 0 amide bonds. The Hall–Kier alpha value is -2.93. The molecule has 1 aromatic heterocycles. The van der Waals surface area contributed by atoms with Crippen LogP contribution in [0, 0.1) is 0 Å². The van der Waals surface area contributed by atoms with E-state index < -0.39 is 11.9 Å². The molecule has 0 aliphatic heterocycles. The molecule has 2 N–H and O–H groups in total. The highest BCUT2D eigenvalue weighted by atomic mass is 16.5.